The fourth-order valence-electron chi connectivity index (χ4n) is 5.98. The molecule has 1 aliphatic carbocycles. The van der Waals surface area contributed by atoms with Crippen LogP contribution in [0, 0.1) is 18.8 Å². The predicted octanol–water partition coefficient (Wildman–Crippen LogP) is 5.19. The molecule has 186 valence electrons. The molecule has 2 aromatic heterocycles. The summed E-state index contributed by atoms with van der Waals surface area (Å²) in [5, 5.41) is 9.55. The van der Waals surface area contributed by atoms with Crippen LogP contribution in [0.4, 0.5) is 24.1 Å². The normalized spacial score (nSPS) is 26.0. The molecule has 11 heteroatoms. The van der Waals surface area contributed by atoms with E-state index in [1.807, 2.05) is 11.6 Å². The van der Waals surface area contributed by atoms with E-state index < -0.39 is 6.36 Å². The van der Waals surface area contributed by atoms with Gasteiger partial charge in [-0.25, -0.2) is 4.68 Å². The number of nitrogens with zero attached hydrogens (tertiary/aromatic N) is 5. The van der Waals surface area contributed by atoms with Gasteiger partial charge in [-0.3, -0.25) is 0 Å². The highest BCUT2D eigenvalue weighted by Crippen LogP contribution is 2.42. The van der Waals surface area contributed by atoms with E-state index in [1.54, 1.807) is 29.7 Å². The molecule has 3 unspecified atom stereocenters. The Hall–Kier alpha value is -2.82. The Kier molecular flexibility index (Phi) is 5.62. The molecule has 1 saturated heterocycles. The van der Waals surface area contributed by atoms with Crippen molar-refractivity contribution in [2.45, 2.75) is 57.5 Å². The van der Waals surface area contributed by atoms with Crippen LogP contribution in [-0.2, 0) is 6.54 Å². The third kappa shape index (κ3) is 4.46. The average Bonchev–Trinajstić information content (AvgIpc) is 3.48. The van der Waals surface area contributed by atoms with Gasteiger partial charge in [0.25, 0.3) is 0 Å². The summed E-state index contributed by atoms with van der Waals surface area (Å²) in [6, 6.07) is 8.81. The van der Waals surface area contributed by atoms with Crippen molar-refractivity contribution in [1.82, 2.24) is 19.1 Å². The first-order valence-corrected chi connectivity index (χ1v) is 12.9. The molecule has 2 aliphatic heterocycles. The molecule has 0 spiro atoms. The number of alkyl halides is 3. The van der Waals surface area contributed by atoms with Gasteiger partial charge in [0.15, 0.2) is 0 Å². The monoisotopic (exact) mass is 504 g/mol. The summed E-state index contributed by atoms with van der Waals surface area (Å²) in [6.07, 6.45) is -0.895. The van der Waals surface area contributed by atoms with Gasteiger partial charge in [0.2, 0.25) is 5.95 Å². The lowest BCUT2D eigenvalue weighted by molar-refractivity contribution is -0.275. The van der Waals surface area contributed by atoms with Crippen LogP contribution in [0.1, 0.15) is 48.7 Å². The molecule has 0 amide bonds. The Morgan fingerprint density at radius 2 is 1.89 bits per heavy atom. The summed E-state index contributed by atoms with van der Waals surface area (Å²) in [5.41, 5.74) is 1.56. The Balaban J connectivity index is 1.21. The van der Waals surface area contributed by atoms with E-state index in [1.165, 1.54) is 11.1 Å². The summed E-state index contributed by atoms with van der Waals surface area (Å²) in [5.74, 6) is 1.80. The number of benzene rings is 1. The molecule has 6 rings (SSSR count). The molecular formula is C24H27F3N6OS. The van der Waals surface area contributed by atoms with Crippen LogP contribution in [0.2, 0.25) is 0 Å². The number of nitrogens with one attached hydrogen (secondary N) is 1. The number of anilines is 2. The van der Waals surface area contributed by atoms with Crippen LogP contribution >= 0.6 is 11.5 Å². The predicted molar refractivity (Wildman–Crippen MR) is 127 cm³/mol. The number of piperidine rings is 1. The van der Waals surface area contributed by atoms with Gasteiger partial charge in [-0.05, 0) is 68.1 Å². The summed E-state index contributed by atoms with van der Waals surface area (Å²) in [7, 11) is 0. The van der Waals surface area contributed by atoms with Gasteiger partial charge < -0.3 is 15.0 Å². The van der Waals surface area contributed by atoms with E-state index in [2.05, 4.69) is 25.4 Å². The van der Waals surface area contributed by atoms with Gasteiger partial charge in [0, 0.05) is 37.2 Å². The molecule has 0 radical (unpaired) electrons. The number of fused-ring (bicyclic) bond motifs is 3. The van der Waals surface area contributed by atoms with Crippen molar-refractivity contribution in [3.63, 3.8) is 0 Å². The number of halogens is 3. The lowest BCUT2D eigenvalue weighted by Gasteiger charge is -2.38. The molecule has 3 aromatic rings. The number of aromatic nitrogens is 4. The number of aryl methyl sites for hydroxylation is 2. The van der Waals surface area contributed by atoms with Crippen molar-refractivity contribution in [3.8, 4) is 5.75 Å². The smallest absolute Gasteiger partial charge is 0.405 e. The lowest BCUT2D eigenvalue weighted by atomic mass is 9.90. The third-order valence-corrected chi connectivity index (χ3v) is 8.39. The second-order valence-corrected chi connectivity index (χ2v) is 10.6. The van der Waals surface area contributed by atoms with Crippen molar-refractivity contribution in [2.75, 3.05) is 23.3 Å². The van der Waals surface area contributed by atoms with Crippen LogP contribution in [0.5, 0.6) is 5.75 Å². The maximum atomic E-state index is 13.0. The van der Waals surface area contributed by atoms with Gasteiger partial charge in [0.1, 0.15) is 16.6 Å². The topological polar surface area (TPSA) is 68.1 Å². The molecule has 1 aromatic carbocycles. The zero-order valence-electron chi connectivity index (χ0n) is 19.3. The van der Waals surface area contributed by atoms with Gasteiger partial charge in [0.05, 0.1) is 5.69 Å². The minimum Gasteiger partial charge on any atom is -0.405 e. The number of rotatable bonds is 5. The highest BCUT2D eigenvalue weighted by molar-refractivity contribution is 7.10. The molecule has 4 heterocycles. The highest BCUT2D eigenvalue weighted by Gasteiger charge is 2.43. The Morgan fingerprint density at radius 3 is 2.60 bits per heavy atom. The first kappa shape index (κ1) is 22.6. The Labute approximate surface area is 205 Å². The van der Waals surface area contributed by atoms with Crippen LogP contribution in [0.3, 0.4) is 0 Å². The van der Waals surface area contributed by atoms with Gasteiger partial charge >= 0.3 is 6.36 Å². The van der Waals surface area contributed by atoms with Crippen LogP contribution in [-0.4, -0.2) is 44.6 Å². The molecular weight excluding hydrogens is 477 g/mol. The number of ether oxygens (including phenoxy) is 1. The zero-order chi connectivity index (χ0) is 24.2. The standard InChI is InChI=1S/C24H27F3N6OS/c1-14-11-20(35-31-14)32-12-15-8-9-16(13-32)21(15)28-23-29-22-18(6-4-10-33(22)30-23)17-5-2-3-7-19(17)34-24(25,26)27/h2-3,5,7,11,15-16,18,21H,4,6,8-10,12-13H2,1H3,(H,28,30). The molecule has 7 nitrogen and oxygen atoms in total. The number of hydrogen-bond acceptors (Lipinski definition) is 7. The van der Waals surface area contributed by atoms with E-state index in [-0.39, 0.29) is 11.7 Å². The summed E-state index contributed by atoms with van der Waals surface area (Å²) in [4.78, 5) is 7.25. The maximum absolute atomic E-state index is 13.0. The van der Waals surface area contributed by atoms with Crippen molar-refractivity contribution in [1.29, 1.82) is 0 Å². The Bertz CT molecular complexity index is 1200. The van der Waals surface area contributed by atoms with E-state index in [4.69, 9.17) is 10.1 Å². The van der Waals surface area contributed by atoms with Gasteiger partial charge in [-0.15, -0.1) is 18.3 Å². The van der Waals surface area contributed by atoms with Crippen LogP contribution in [0.15, 0.2) is 30.3 Å². The molecule has 35 heavy (non-hydrogen) atoms. The Morgan fingerprint density at radius 1 is 1.11 bits per heavy atom. The summed E-state index contributed by atoms with van der Waals surface area (Å²) >= 11 is 1.56. The third-order valence-electron chi connectivity index (χ3n) is 7.45. The van der Waals surface area contributed by atoms with Crippen molar-refractivity contribution in [3.05, 3.63) is 47.4 Å². The first-order chi connectivity index (χ1) is 16.8. The van der Waals surface area contributed by atoms with Crippen LogP contribution < -0.4 is 15.0 Å². The summed E-state index contributed by atoms with van der Waals surface area (Å²) < 4.78 is 49.6. The molecule has 3 aliphatic rings. The molecule has 2 fully saturated rings. The zero-order valence-corrected chi connectivity index (χ0v) is 20.1. The maximum Gasteiger partial charge on any atom is 0.573 e. The minimum atomic E-state index is -4.74. The SMILES string of the molecule is Cc1cc(N2CC3CCC(C2)C3Nc2nc3n(n2)CCCC3c2ccccc2OC(F)(F)F)sn1. The number of hydrogen-bond donors (Lipinski definition) is 1. The largest absolute Gasteiger partial charge is 0.573 e. The van der Waals surface area contributed by atoms with Crippen molar-refractivity contribution < 1.29 is 17.9 Å². The molecule has 1 N–H and O–H groups in total. The fraction of sp³-hybridized carbons (Fsp3) is 0.542. The lowest BCUT2D eigenvalue weighted by Crippen LogP contribution is -2.48. The second kappa shape index (κ2) is 8.69. The van der Waals surface area contributed by atoms with Gasteiger partial charge in [-0.2, -0.15) is 9.36 Å². The average molecular weight is 505 g/mol. The number of para-hydroxylation sites is 1. The van der Waals surface area contributed by atoms with Gasteiger partial charge in [-0.1, -0.05) is 18.2 Å². The second-order valence-electron chi connectivity index (χ2n) is 9.78. The van der Waals surface area contributed by atoms with Crippen LogP contribution in [0.25, 0.3) is 0 Å². The molecule has 3 atom stereocenters. The quantitative estimate of drug-likeness (QED) is 0.516. The van der Waals surface area contributed by atoms with E-state index in [0.29, 0.717) is 48.2 Å². The van der Waals surface area contributed by atoms with E-state index in [9.17, 15) is 13.2 Å². The van der Waals surface area contributed by atoms with E-state index >= 15 is 0 Å². The minimum absolute atomic E-state index is 0.167. The summed E-state index contributed by atoms with van der Waals surface area (Å²) in [6.45, 7) is 4.69. The molecule has 1 saturated carbocycles. The van der Waals surface area contributed by atoms with Crippen molar-refractivity contribution >= 4 is 22.5 Å². The van der Waals surface area contributed by atoms with E-state index in [0.717, 1.165) is 38.0 Å². The van der Waals surface area contributed by atoms with Crippen molar-refractivity contribution in [2.24, 2.45) is 11.8 Å². The first-order valence-electron chi connectivity index (χ1n) is 12.1. The fourth-order valence-corrected chi connectivity index (χ4v) is 6.76. The molecule has 2 bridgehead atoms. The highest BCUT2D eigenvalue weighted by atomic mass is 32.1.